The molecule has 8 nitrogen and oxygen atoms in total. The SMILES string of the molecule is CCC(C(=O)OC(C)CCOCCOCC(O)COc1ccc(C(C)(C)c2ccc(C)cc2)cc1)[C@@H](O)CO. The second kappa shape index (κ2) is 16.6. The molecule has 0 aliphatic heterocycles. The van der Waals surface area contributed by atoms with Crippen molar-refractivity contribution in [2.75, 3.05) is 39.6 Å². The van der Waals surface area contributed by atoms with E-state index in [9.17, 15) is 15.0 Å². The van der Waals surface area contributed by atoms with E-state index in [1.54, 1.807) is 13.8 Å². The minimum atomic E-state index is -1.12. The van der Waals surface area contributed by atoms with Crippen molar-refractivity contribution in [3.8, 4) is 5.75 Å². The number of carbonyl (C=O) groups excluding carboxylic acids is 1. The Hall–Kier alpha value is -2.49. The summed E-state index contributed by atoms with van der Waals surface area (Å²) in [5.74, 6) is -0.572. The minimum Gasteiger partial charge on any atom is -0.491 e. The molecular formula is C31H46O8. The molecule has 4 atom stereocenters. The lowest BCUT2D eigenvalue weighted by atomic mass is 9.78. The van der Waals surface area contributed by atoms with Crippen LogP contribution in [0.4, 0.5) is 0 Å². The van der Waals surface area contributed by atoms with Crippen molar-refractivity contribution >= 4 is 5.97 Å². The lowest BCUT2D eigenvalue weighted by molar-refractivity contribution is -0.159. The van der Waals surface area contributed by atoms with E-state index in [1.807, 2.05) is 12.1 Å². The van der Waals surface area contributed by atoms with Gasteiger partial charge in [0.25, 0.3) is 0 Å². The average molecular weight is 547 g/mol. The van der Waals surface area contributed by atoms with Gasteiger partial charge in [0.15, 0.2) is 0 Å². The highest BCUT2D eigenvalue weighted by Gasteiger charge is 2.27. The molecule has 0 fully saturated rings. The number of aryl methyl sites for hydroxylation is 1. The van der Waals surface area contributed by atoms with Gasteiger partial charge in [0.05, 0.1) is 45.1 Å². The molecular weight excluding hydrogens is 500 g/mol. The Labute approximate surface area is 232 Å². The fraction of sp³-hybridized carbons (Fsp3) is 0.581. The first-order valence-electron chi connectivity index (χ1n) is 13.7. The highest BCUT2D eigenvalue weighted by molar-refractivity contribution is 5.73. The van der Waals surface area contributed by atoms with E-state index >= 15 is 0 Å². The van der Waals surface area contributed by atoms with Crippen LogP contribution in [-0.4, -0.2) is 79.2 Å². The van der Waals surface area contributed by atoms with Crippen molar-refractivity contribution in [2.24, 2.45) is 5.92 Å². The number of carbonyl (C=O) groups is 1. The second-order valence-corrected chi connectivity index (χ2v) is 10.5. The van der Waals surface area contributed by atoms with Gasteiger partial charge in [-0.3, -0.25) is 4.79 Å². The van der Waals surface area contributed by atoms with Crippen molar-refractivity contribution in [1.29, 1.82) is 0 Å². The summed E-state index contributed by atoms with van der Waals surface area (Å²) in [6.07, 6.45) is -1.38. The summed E-state index contributed by atoms with van der Waals surface area (Å²) in [6.45, 7) is 10.8. The smallest absolute Gasteiger partial charge is 0.311 e. The highest BCUT2D eigenvalue weighted by Crippen LogP contribution is 2.32. The van der Waals surface area contributed by atoms with Crippen LogP contribution >= 0.6 is 0 Å². The molecule has 0 saturated heterocycles. The molecule has 0 aliphatic carbocycles. The van der Waals surface area contributed by atoms with Gasteiger partial charge in [0, 0.05) is 11.8 Å². The number of rotatable bonds is 18. The molecule has 39 heavy (non-hydrogen) atoms. The van der Waals surface area contributed by atoms with Gasteiger partial charge < -0.3 is 34.3 Å². The molecule has 2 rings (SSSR count). The molecule has 2 aromatic carbocycles. The largest absolute Gasteiger partial charge is 0.491 e. The summed E-state index contributed by atoms with van der Waals surface area (Å²) in [6, 6.07) is 16.5. The Morgan fingerprint density at radius 3 is 2.08 bits per heavy atom. The van der Waals surface area contributed by atoms with E-state index in [4.69, 9.17) is 24.1 Å². The predicted octanol–water partition coefficient (Wildman–Crippen LogP) is 3.80. The molecule has 3 unspecified atom stereocenters. The van der Waals surface area contributed by atoms with Crippen LogP contribution in [0.25, 0.3) is 0 Å². The highest BCUT2D eigenvalue weighted by atomic mass is 16.6. The summed E-state index contributed by atoms with van der Waals surface area (Å²) in [7, 11) is 0. The standard InChI is InChI=1S/C31H46O8/c1-6-28(29(34)19-32)30(35)39-23(3)15-16-36-17-18-37-20-26(33)21-38-27-13-11-25(12-14-27)31(4,5)24-9-7-22(2)8-10-24/h7-14,23,26,28-29,32-34H,6,15-21H2,1-5H3/t23?,26?,28?,29-/m0/s1. The zero-order valence-electron chi connectivity index (χ0n) is 24.0. The predicted molar refractivity (Wildman–Crippen MR) is 150 cm³/mol. The second-order valence-electron chi connectivity index (χ2n) is 10.5. The van der Waals surface area contributed by atoms with E-state index in [0.717, 1.165) is 0 Å². The van der Waals surface area contributed by atoms with Crippen molar-refractivity contribution in [2.45, 2.75) is 71.2 Å². The van der Waals surface area contributed by atoms with Gasteiger partial charge in [-0.05, 0) is 43.5 Å². The Kier molecular flexibility index (Phi) is 13.9. The first-order valence-corrected chi connectivity index (χ1v) is 13.7. The normalized spacial score (nSPS) is 14.9. The maximum absolute atomic E-state index is 12.1. The number of benzene rings is 2. The van der Waals surface area contributed by atoms with Crippen LogP contribution in [0.3, 0.4) is 0 Å². The molecule has 8 heteroatoms. The van der Waals surface area contributed by atoms with Crippen LogP contribution in [0.1, 0.15) is 57.2 Å². The number of ether oxygens (including phenoxy) is 4. The van der Waals surface area contributed by atoms with Crippen LogP contribution in [-0.2, 0) is 24.4 Å². The van der Waals surface area contributed by atoms with Crippen LogP contribution in [0.2, 0.25) is 0 Å². The average Bonchev–Trinajstić information content (AvgIpc) is 2.92. The maximum Gasteiger partial charge on any atom is 0.311 e. The number of esters is 1. The Balaban J connectivity index is 1.59. The molecule has 0 heterocycles. The van der Waals surface area contributed by atoms with Gasteiger partial charge in [-0.1, -0.05) is 62.7 Å². The topological polar surface area (TPSA) is 115 Å². The third kappa shape index (κ3) is 10.9. The first-order chi connectivity index (χ1) is 18.6. The van der Waals surface area contributed by atoms with Crippen molar-refractivity contribution in [1.82, 2.24) is 0 Å². The molecule has 0 saturated carbocycles. The molecule has 0 amide bonds. The van der Waals surface area contributed by atoms with E-state index in [2.05, 4.69) is 57.2 Å². The molecule has 0 radical (unpaired) electrons. The van der Waals surface area contributed by atoms with Crippen LogP contribution in [0.5, 0.6) is 5.75 Å². The van der Waals surface area contributed by atoms with Gasteiger partial charge in [-0.25, -0.2) is 0 Å². The quantitative estimate of drug-likeness (QED) is 0.191. The zero-order valence-corrected chi connectivity index (χ0v) is 24.0. The molecule has 0 aromatic heterocycles. The molecule has 0 spiro atoms. The van der Waals surface area contributed by atoms with Crippen LogP contribution in [0.15, 0.2) is 48.5 Å². The van der Waals surface area contributed by atoms with Crippen molar-refractivity contribution < 1.29 is 39.1 Å². The molecule has 2 aromatic rings. The van der Waals surface area contributed by atoms with E-state index in [1.165, 1.54) is 16.7 Å². The van der Waals surface area contributed by atoms with Crippen molar-refractivity contribution in [3.63, 3.8) is 0 Å². The van der Waals surface area contributed by atoms with Gasteiger partial charge in [-0.15, -0.1) is 0 Å². The number of aliphatic hydroxyl groups excluding tert-OH is 3. The summed E-state index contributed by atoms with van der Waals surface area (Å²) < 4.78 is 22.0. The minimum absolute atomic E-state index is 0.119. The maximum atomic E-state index is 12.1. The van der Waals surface area contributed by atoms with E-state index in [-0.39, 0.29) is 24.7 Å². The fourth-order valence-electron chi connectivity index (χ4n) is 4.10. The summed E-state index contributed by atoms with van der Waals surface area (Å²) in [4.78, 5) is 12.1. The first kappa shape index (κ1) is 32.7. The Morgan fingerprint density at radius 2 is 1.49 bits per heavy atom. The van der Waals surface area contributed by atoms with Gasteiger partial charge >= 0.3 is 5.97 Å². The summed E-state index contributed by atoms with van der Waals surface area (Å²) in [5.41, 5.74) is 3.53. The van der Waals surface area contributed by atoms with E-state index in [0.29, 0.717) is 38.4 Å². The third-order valence-corrected chi connectivity index (χ3v) is 6.85. The van der Waals surface area contributed by atoms with Gasteiger partial charge in [0.2, 0.25) is 0 Å². The van der Waals surface area contributed by atoms with Gasteiger partial charge in [0.1, 0.15) is 24.6 Å². The number of aliphatic hydroxyl groups is 3. The van der Waals surface area contributed by atoms with Crippen molar-refractivity contribution in [3.05, 3.63) is 65.2 Å². The fourth-order valence-corrected chi connectivity index (χ4v) is 4.10. The number of hydrogen-bond donors (Lipinski definition) is 3. The number of hydrogen-bond acceptors (Lipinski definition) is 8. The molecule has 218 valence electrons. The molecule has 0 bridgehead atoms. The zero-order chi connectivity index (χ0) is 28.8. The summed E-state index contributed by atoms with van der Waals surface area (Å²) in [5, 5.41) is 28.9. The summed E-state index contributed by atoms with van der Waals surface area (Å²) >= 11 is 0. The van der Waals surface area contributed by atoms with Gasteiger partial charge in [-0.2, -0.15) is 0 Å². The Morgan fingerprint density at radius 1 is 0.897 bits per heavy atom. The molecule has 0 aliphatic rings. The third-order valence-electron chi connectivity index (χ3n) is 6.85. The molecule has 3 N–H and O–H groups in total. The Bertz CT molecular complexity index is 958. The van der Waals surface area contributed by atoms with E-state index < -0.39 is 30.7 Å². The lowest BCUT2D eigenvalue weighted by Crippen LogP contribution is -2.34. The van der Waals surface area contributed by atoms with Crippen LogP contribution < -0.4 is 4.74 Å². The van der Waals surface area contributed by atoms with Crippen LogP contribution in [0, 0.1) is 12.8 Å². The lowest BCUT2D eigenvalue weighted by Gasteiger charge is -2.26. The monoisotopic (exact) mass is 546 g/mol.